The van der Waals surface area contributed by atoms with Gasteiger partial charge in [-0.2, -0.15) is 0 Å². The number of nitrogens with zero attached hydrogens (tertiary/aromatic N) is 3. The number of carbonyl (C=O) groups excluding carboxylic acids is 1. The van der Waals surface area contributed by atoms with Crippen LogP contribution in [0, 0.1) is 5.92 Å². The first-order chi connectivity index (χ1) is 21.3. The molecule has 0 spiro atoms. The lowest BCUT2D eigenvalue weighted by Gasteiger charge is -2.32. The van der Waals surface area contributed by atoms with E-state index in [4.69, 9.17) is 29.5 Å². The third-order valence-electron chi connectivity index (χ3n) is 7.60. The highest BCUT2D eigenvalue weighted by atomic mass is 16.5. The molecule has 1 aromatic heterocycles. The van der Waals surface area contributed by atoms with Crippen molar-refractivity contribution in [3.05, 3.63) is 90.3 Å². The number of para-hydroxylation sites is 3. The zero-order valence-electron chi connectivity index (χ0n) is 25.0. The molecule has 10 nitrogen and oxygen atoms in total. The summed E-state index contributed by atoms with van der Waals surface area (Å²) in [6, 6.07) is 26.5. The van der Waals surface area contributed by atoms with Crippen molar-refractivity contribution in [2.75, 3.05) is 25.0 Å². The van der Waals surface area contributed by atoms with Crippen LogP contribution in [0.25, 0.3) is 11.0 Å². The fraction of sp³-hybridized carbons (Fsp3) is 0.353. The zero-order valence-corrected chi connectivity index (χ0v) is 25.0. The van der Waals surface area contributed by atoms with E-state index < -0.39 is 11.9 Å². The Balaban J connectivity index is 0.000000670. The number of fused-ring (bicyclic) bond motifs is 1. The molecular weight excluding hydrogens is 560 g/mol. The largest absolute Gasteiger partial charge is 0.486 e. The maximum absolute atomic E-state index is 12.7. The van der Waals surface area contributed by atoms with Gasteiger partial charge in [0, 0.05) is 12.2 Å². The Morgan fingerprint density at radius 2 is 1.57 bits per heavy atom. The number of piperidine rings is 1. The van der Waals surface area contributed by atoms with Crippen LogP contribution in [-0.4, -0.2) is 62.1 Å². The Hall–Kier alpha value is -4.70. The van der Waals surface area contributed by atoms with Crippen molar-refractivity contribution in [3.63, 3.8) is 0 Å². The number of rotatable bonds is 11. The summed E-state index contributed by atoms with van der Waals surface area (Å²) >= 11 is 0. The molecular formula is C34H40N4O6. The van der Waals surface area contributed by atoms with E-state index >= 15 is 0 Å². The monoisotopic (exact) mass is 600 g/mol. The SMILES string of the molecule is CCCCc1ccc(NC(=O)CN2CCC(Cn3c(COc4ccccc4)nc4ccccc43)CC2)cc1.O=C(O)C(=O)O. The Morgan fingerprint density at radius 3 is 2.23 bits per heavy atom. The van der Waals surface area contributed by atoms with Crippen LogP contribution in [0.5, 0.6) is 5.75 Å². The smallest absolute Gasteiger partial charge is 0.414 e. The lowest BCUT2D eigenvalue weighted by Crippen LogP contribution is -2.40. The van der Waals surface area contributed by atoms with Crippen LogP contribution in [-0.2, 0) is 34.0 Å². The van der Waals surface area contributed by atoms with E-state index in [-0.39, 0.29) is 5.91 Å². The van der Waals surface area contributed by atoms with Gasteiger partial charge in [-0.05, 0) is 86.7 Å². The summed E-state index contributed by atoms with van der Waals surface area (Å²) in [5.41, 5.74) is 4.36. The van der Waals surface area contributed by atoms with Gasteiger partial charge in [0.15, 0.2) is 0 Å². The molecule has 1 amide bonds. The summed E-state index contributed by atoms with van der Waals surface area (Å²) in [6.07, 6.45) is 5.60. The van der Waals surface area contributed by atoms with Crippen LogP contribution < -0.4 is 10.1 Å². The molecule has 4 aromatic rings. The molecule has 2 heterocycles. The topological polar surface area (TPSA) is 134 Å². The van der Waals surface area contributed by atoms with E-state index in [1.165, 1.54) is 18.4 Å². The van der Waals surface area contributed by atoms with Crippen molar-refractivity contribution < 1.29 is 29.3 Å². The highest BCUT2D eigenvalue weighted by Gasteiger charge is 2.23. The van der Waals surface area contributed by atoms with Gasteiger partial charge in [0.05, 0.1) is 17.6 Å². The first-order valence-electron chi connectivity index (χ1n) is 15.0. The number of nitrogens with one attached hydrogen (secondary N) is 1. The number of carbonyl (C=O) groups is 3. The highest BCUT2D eigenvalue weighted by molar-refractivity contribution is 6.27. The van der Waals surface area contributed by atoms with Gasteiger partial charge >= 0.3 is 11.9 Å². The van der Waals surface area contributed by atoms with E-state index in [1.807, 2.05) is 48.5 Å². The average molecular weight is 601 g/mol. The van der Waals surface area contributed by atoms with Crippen molar-refractivity contribution >= 4 is 34.6 Å². The number of unbranched alkanes of at least 4 members (excludes halogenated alkanes) is 1. The third kappa shape index (κ3) is 9.67. The number of imidazole rings is 1. The van der Waals surface area contributed by atoms with Crippen LogP contribution in [0.1, 0.15) is 44.0 Å². The number of hydrogen-bond acceptors (Lipinski definition) is 6. The molecule has 1 fully saturated rings. The fourth-order valence-corrected chi connectivity index (χ4v) is 5.23. The number of likely N-dealkylation sites (tertiary alicyclic amines) is 1. The lowest BCUT2D eigenvalue weighted by atomic mass is 9.96. The van der Waals surface area contributed by atoms with Crippen molar-refractivity contribution in [3.8, 4) is 5.75 Å². The molecule has 0 saturated carbocycles. The van der Waals surface area contributed by atoms with Crippen molar-refractivity contribution in [2.24, 2.45) is 5.92 Å². The minimum absolute atomic E-state index is 0.0608. The van der Waals surface area contributed by atoms with Crippen molar-refractivity contribution in [2.45, 2.75) is 52.2 Å². The molecule has 0 atom stereocenters. The van der Waals surface area contributed by atoms with Gasteiger partial charge < -0.3 is 24.8 Å². The molecule has 1 aliphatic rings. The minimum Gasteiger partial charge on any atom is -0.486 e. The number of benzene rings is 3. The summed E-state index contributed by atoms with van der Waals surface area (Å²) in [5.74, 6) is -1.24. The summed E-state index contributed by atoms with van der Waals surface area (Å²) in [4.78, 5) is 38.0. The Bertz CT molecular complexity index is 1500. The van der Waals surface area contributed by atoms with Crippen LogP contribution in [0.15, 0.2) is 78.9 Å². The normalized spacial score (nSPS) is 13.6. The van der Waals surface area contributed by atoms with Crippen LogP contribution in [0.4, 0.5) is 5.69 Å². The molecule has 3 aromatic carbocycles. The molecule has 0 aliphatic carbocycles. The highest BCUT2D eigenvalue weighted by Crippen LogP contribution is 2.25. The number of carboxylic acid groups (broad SMARTS) is 2. The van der Waals surface area contributed by atoms with E-state index in [9.17, 15) is 4.79 Å². The number of ether oxygens (including phenoxy) is 1. The molecule has 1 saturated heterocycles. The lowest BCUT2D eigenvalue weighted by molar-refractivity contribution is -0.159. The number of aliphatic carboxylic acids is 2. The molecule has 10 heteroatoms. The van der Waals surface area contributed by atoms with E-state index in [0.29, 0.717) is 19.1 Å². The van der Waals surface area contributed by atoms with Gasteiger partial charge in [0.25, 0.3) is 0 Å². The quantitative estimate of drug-likeness (QED) is 0.193. The van der Waals surface area contributed by atoms with E-state index in [0.717, 1.165) is 67.2 Å². The fourth-order valence-electron chi connectivity index (χ4n) is 5.23. The standard InChI is InChI=1S/C32H38N4O2.C2H2O4/c1-2-3-9-25-14-16-27(17-15-25)33-32(37)23-35-20-18-26(19-21-35)22-36-30-13-8-7-12-29(30)34-31(36)24-38-28-10-5-4-6-11-28;3-1(4)2(5)6/h4-8,10-17,26H,2-3,9,18-24H2,1H3,(H,33,37);(H,3,4)(H,5,6). The van der Waals surface area contributed by atoms with Gasteiger partial charge in [-0.15, -0.1) is 0 Å². The summed E-state index contributed by atoms with van der Waals surface area (Å²) in [7, 11) is 0. The molecule has 44 heavy (non-hydrogen) atoms. The Labute approximate surface area is 257 Å². The van der Waals surface area contributed by atoms with Gasteiger partial charge in [0.2, 0.25) is 5.91 Å². The van der Waals surface area contributed by atoms with Gasteiger partial charge in [-0.3, -0.25) is 9.69 Å². The second-order valence-corrected chi connectivity index (χ2v) is 10.9. The molecule has 1 aliphatic heterocycles. The number of aromatic nitrogens is 2. The predicted molar refractivity (Wildman–Crippen MR) is 169 cm³/mol. The van der Waals surface area contributed by atoms with E-state index in [2.05, 4.69) is 52.0 Å². The van der Waals surface area contributed by atoms with Crippen LogP contribution >= 0.6 is 0 Å². The number of aryl methyl sites for hydroxylation is 1. The Kier molecular flexibility index (Phi) is 11.9. The van der Waals surface area contributed by atoms with Crippen molar-refractivity contribution in [1.29, 1.82) is 0 Å². The van der Waals surface area contributed by atoms with Gasteiger partial charge in [-0.25, -0.2) is 14.6 Å². The second kappa shape index (κ2) is 16.2. The first-order valence-corrected chi connectivity index (χ1v) is 15.0. The third-order valence-corrected chi connectivity index (χ3v) is 7.60. The van der Waals surface area contributed by atoms with Gasteiger partial charge in [-0.1, -0.05) is 55.8 Å². The second-order valence-electron chi connectivity index (χ2n) is 10.9. The first kappa shape index (κ1) is 32.2. The summed E-state index contributed by atoms with van der Waals surface area (Å²) in [6.45, 7) is 5.85. The Morgan fingerprint density at radius 1 is 0.909 bits per heavy atom. The number of carboxylic acids is 2. The summed E-state index contributed by atoms with van der Waals surface area (Å²) in [5, 5.41) is 17.9. The zero-order chi connectivity index (χ0) is 31.3. The molecule has 0 unspecified atom stereocenters. The molecule has 232 valence electrons. The van der Waals surface area contributed by atoms with Crippen LogP contribution in [0.2, 0.25) is 0 Å². The molecule has 5 rings (SSSR count). The van der Waals surface area contributed by atoms with E-state index in [1.54, 1.807) is 0 Å². The average Bonchev–Trinajstić information content (AvgIpc) is 3.38. The number of hydrogen-bond donors (Lipinski definition) is 3. The molecule has 3 N–H and O–H groups in total. The molecule has 0 radical (unpaired) electrons. The maximum Gasteiger partial charge on any atom is 0.414 e. The number of anilines is 1. The predicted octanol–water partition coefficient (Wildman–Crippen LogP) is 5.46. The van der Waals surface area contributed by atoms with Crippen molar-refractivity contribution in [1.82, 2.24) is 14.5 Å². The van der Waals surface area contributed by atoms with Crippen LogP contribution in [0.3, 0.4) is 0 Å². The van der Waals surface area contributed by atoms with Gasteiger partial charge in [0.1, 0.15) is 18.2 Å². The molecule has 0 bridgehead atoms. The minimum atomic E-state index is -1.82. The maximum atomic E-state index is 12.7. The number of amides is 1. The summed E-state index contributed by atoms with van der Waals surface area (Å²) < 4.78 is 8.38.